The topological polar surface area (TPSA) is 59.2 Å². The number of hydrogen-bond acceptors (Lipinski definition) is 3. The van der Waals surface area contributed by atoms with Crippen molar-refractivity contribution in [2.45, 2.75) is 32.7 Å². The van der Waals surface area contributed by atoms with Crippen LogP contribution in [-0.2, 0) is 0 Å². The molecule has 0 aliphatic heterocycles. The molecule has 4 nitrogen and oxygen atoms in total. The van der Waals surface area contributed by atoms with E-state index in [-0.39, 0.29) is 11.9 Å². The lowest BCUT2D eigenvalue weighted by atomic mass is 10.1. The van der Waals surface area contributed by atoms with Gasteiger partial charge in [0.1, 0.15) is 0 Å². The van der Waals surface area contributed by atoms with Gasteiger partial charge in [0, 0.05) is 30.7 Å². The molecule has 1 aliphatic carbocycles. The third kappa shape index (κ3) is 2.40. The first-order valence-electron chi connectivity index (χ1n) is 6.00. The minimum absolute atomic E-state index is 0.0330. The second-order valence-electron chi connectivity index (χ2n) is 4.91. The molecule has 0 aromatic carbocycles. The van der Waals surface area contributed by atoms with Gasteiger partial charge in [-0.2, -0.15) is 0 Å². The third-order valence-corrected chi connectivity index (χ3v) is 3.54. The van der Waals surface area contributed by atoms with Gasteiger partial charge in [0.15, 0.2) is 0 Å². The fraction of sp³-hybridized carbons (Fsp3) is 0.538. The fourth-order valence-corrected chi connectivity index (χ4v) is 2.03. The van der Waals surface area contributed by atoms with Crippen molar-refractivity contribution in [2.24, 2.45) is 5.92 Å². The van der Waals surface area contributed by atoms with E-state index in [2.05, 4.69) is 11.9 Å². The highest BCUT2D eigenvalue weighted by atomic mass is 16.2. The van der Waals surface area contributed by atoms with E-state index >= 15 is 0 Å². The molecule has 17 heavy (non-hydrogen) atoms. The van der Waals surface area contributed by atoms with E-state index in [4.69, 9.17) is 5.73 Å². The Bertz CT molecular complexity index is 440. The van der Waals surface area contributed by atoms with Crippen molar-refractivity contribution in [3.8, 4) is 0 Å². The number of anilines is 1. The molecule has 4 heteroatoms. The molecule has 92 valence electrons. The summed E-state index contributed by atoms with van der Waals surface area (Å²) in [5.74, 6) is 0.623. The maximum atomic E-state index is 12.3. The molecule has 1 amide bonds. The van der Waals surface area contributed by atoms with E-state index in [9.17, 15) is 4.79 Å². The van der Waals surface area contributed by atoms with E-state index < -0.39 is 0 Å². The second-order valence-corrected chi connectivity index (χ2v) is 4.91. The van der Waals surface area contributed by atoms with Crippen LogP contribution >= 0.6 is 0 Å². The predicted octanol–water partition coefficient (Wildman–Crippen LogP) is 1.84. The summed E-state index contributed by atoms with van der Waals surface area (Å²) >= 11 is 0. The van der Waals surface area contributed by atoms with Gasteiger partial charge in [0.25, 0.3) is 5.91 Å². The third-order valence-electron chi connectivity index (χ3n) is 3.54. The molecule has 1 aromatic rings. The molecule has 1 heterocycles. The average Bonchev–Trinajstić information content (AvgIpc) is 3.10. The van der Waals surface area contributed by atoms with Crippen molar-refractivity contribution >= 4 is 11.6 Å². The Morgan fingerprint density at radius 3 is 2.76 bits per heavy atom. The standard InChI is InChI=1S/C13H19N3O/c1-8-6-12(14)11(7-15-8)13(17)16(3)9(2)10-4-5-10/h6-7,9-10H,4-5H2,1-3H3,(H2,14,15). The van der Waals surface area contributed by atoms with Gasteiger partial charge in [-0.05, 0) is 38.7 Å². The van der Waals surface area contributed by atoms with Crippen molar-refractivity contribution in [3.05, 3.63) is 23.5 Å². The van der Waals surface area contributed by atoms with Gasteiger partial charge in [-0.3, -0.25) is 9.78 Å². The number of rotatable bonds is 3. The lowest BCUT2D eigenvalue weighted by Gasteiger charge is -2.25. The average molecular weight is 233 g/mol. The van der Waals surface area contributed by atoms with Crippen molar-refractivity contribution in [1.82, 2.24) is 9.88 Å². The number of aromatic nitrogens is 1. The maximum Gasteiger partial charge on any atom is 0.257 e. The number of nitrogen functional groups attached to an aromatic ring is 1. The predicted molar refractivity (Wildman–Crippen MR) is 67.7 cm³/mol. The lowest BCUT2D eigenvalue weighted by Crippen LogP contribution is -2.36. The first-order valence-corrected chi connectivity index (χ1v) is 6.00. The van der Waals surface area contributed by atoms with Crippen LogP contribution < -0.4 is 5.73 Å². The fourth-order valence-electron chi connectivity index (χ4n) is 2.03. The Morgan fingerprint density at radius 2 is 2.24 bits per heavy atom. The summed E-state index contributed by atoms with van der Waals surface area (Å²) < 4.78 is 0. The number of carbonyl (C=O) groups excluding carboxylic acids is 1. The lowest BCUT2D eigenvalue weighted by molar-refractivity contribution is 0.0728. The summed E-state index contributed by atoms with van der Waals surface area (Å²) in [5, 5.41) is 0. The molecule has 0 saturated heterocycles. The summed E-state index contributed by atoms with van der Waals surface area (Å²) in [6, 6.07) is 2.02. The van der Waals surface area contributed by atoms with Crippen LogP contribution in [0.3, 0.4) is 0 Å². The highest BCUT2D eigenvalue weighted by Crippen LogP contribution is 2.35. The summed E-state index contributed by atoms with van der Waals surface area (Å²) in [5.41, 5.74) is 7.71. The van der Waals surface area contributed by atoms with Crippen LogP contribution in [0.1, 0.15) is 35.8 Å². The van der Waals surface area contributed by atoms with Crippen molar-refractivity contribution in [2.75, 3.05) is 12.8 Å². The van der Waals surface area contributed by atoms with Gasteiger partial charge in [-0.1, -0.05) is 0 Å². The molecule has 1 fully saturated rings. The largest absolute Gasteiger partial charge is 0.398 e. The summed E-state index contributed by atoms with van der Waals surface area (Å²) in [4.78, 5) is 18.2. The zero-order chi connectivity index (χ0) is 12.6. The van der Waals surface area contributed by atoms with Crippen LogP contribution in [0, 0.1) is 12.8 Å². The normalized spacial score (nSPS) is 16.6. The molecule has 1 aromatic heterocycles. The smallest absolute Gasteiger partial charge is 0.257 e. The van der Waals surface area contributed by atoms with Gasteiger partial charge in [0.05, 0.1) is 5.56 Å². The number of hydrogen-bond donors (Lipinski definition) is 1. The van der Waals surface area contributed by atoms with Crippen LogP contribution in [0.15, 0.2) is 12.3 Å². The summed E-state index contributed by atoms with van der Waals surface area (Å²) in [6.45, 7) is 3.95. The number of carbonyl (C=O) groups is 1. The maximum absolute atomic E-state index is 12.3. The first-order chi connectivity index (χ1) is 8.00. The SMILES string of the molecule is Cc1cc(N)c(C(=O)N(C)C(C)C2CC2)cn1. The Balaban J connectivity index is 2.18. The Labute approximate surface area is 102 Å². The Hall–Kier alpha value is -1.58. The first kappa shape index (κ1) is 11.9. The number of nitrogens with zero attached hydrogens (tertiary/aromatic N) is 2. The minimum Gasteiger partial charge on any atom is -0.398 e. The van der Waals surface area contributed by atoms with Gasteiger partial charge < -0.3 is 10.6 Å². The van der Waals surface area contributed by atoms with Gasteiger partial charge >= 0.3 is 0 Å². The van der Waals surface area contributed by atoms with Crippen molar-refractivity contribution in [1.29, 1.82) is 0 Å². The van der Waals surface area contributed by atoms with Crippen molar-refractivity contribution in [3.63, 3.8) is 0 Å². The van der Waals surface area contributed by atoms with Crippen LogP contribution in [0.25, 0.3) is 0 Å². The highest BCUT2D eigenvalue weighted by molar-refractivity contribution is 5.98. The van der Waals surface area contributed by atoms with Gasteiger partial charge in [-0.25, -0.2) is 0 Å². The second kappa shape index (κ2) is 4.35. The molecular formula is C13H19N3O. The molecule has 0 bridgehead atoms. The number of nitrogens with two attached hydrogens (primary N) is 1. The number of aryl methyl sites for hydroxylation is 1. The van der Waals surface area contributed by atoms with Crippen LogP contribution in [0.4, 0.5) is 5.69 Å². The molecule has 2 rings (SSSR count). The van der Waals surface area contributed by atoms with E-state index in [0.29, 0.717) is 17.2 Å². The van der Waals surface area contributed by atoms with Crippen LogP contribution in [-0.4, -0.2) is 28.9 Å². The van der Waals surface area contributed by atoms with Gasteiger partial charge in [-0.15, -0.1) is 0 Å². The van der Waals surface area contributed by atoms with Crippen molar-refractivity contribution < 1.29 is 4.79 Å². The molecule has 1 unspecified atom stereocenters. The number of pyridine rings is 1. The molecule has 2 N–H and O–H groups in total. The van der Waals surface area contributed by atoms with E-state index in [1.807, 2.05) is 14.0 Å². The Morgan fingerprint density at radius 1 is 1.59 bits per heavy atom. The monoisotopic (exact) mass is 233 g/mol. The molecule has 0 spiro atoms. The van der Waals surface area contributed by atoms with E-state index in [0.717, 1.165) is 5.69 Å². The minimum atomic E-state index is -0.0330. The molecule has 1 saturated carbocycles. The zero-order valence-corrected chi connectivity index (χ0v) is 10.6. The van der Waals surface area contributed by atoms with Crippen LogP contribution in [0.5, 0.6) is 0 Å². The quantitative estimate of drug-likeness (QED) is 0.866. The Kier molecular flexibility index (Phi) is 3.05. The molecular weight excluding hydrogens is 214 g/mol. The summed E-state index contributed by atoms with van der Waals surface area (Å²) in [6.07, 6.45) is 4.02. The van der Waals surface area contributed by atoms with E-state index in [1.165, 1.54) is 12.8 Å². The van der Waals surface area contributed by atoms with Gasteiger partial charge in [0.2, 0.25) is 0 Å². The zero-order valence-electron chi connectivity index (χ0n) is 10.6. The van der Waals surface area contributed by atoms with Crippen LogP contribution in [0.2, 0.25) is 0 Å². The number of amides is 1. The molecule has 1 aliphatic rings. The summed E-state index contributed by atoms with van der Waals surface area (Å²) in [7, 11) is 1.84. The molecule has 1 atom stereocenters. The molecule has 0 radical (unpaired) electrons. The van der Waals surface area contributed by atoms with E-state index in [1.54, 1.807) is 17.2 Å². The highest BCUT2D eigenvalue weighted by Gasteiger charge is 2.33.